The zero-order chi connectivity index (χ0) is 25.6. The molecule has 2 amide bonds. The molecule has 0 spiro atoms. The van der Waals surface area contributed by atoms with Gasteiger partial charge in [0.05, 0.1) is 17.7 Å². The molecule has 0 bridgehead atoms. The van der Waals surface area contributed by atoms with Gasteiger partial charge in [-0.2, -0.15) is 0 Å². The number of hydrogen-bond acceptors (Lipinski definition) is 6. The lowest BCUT2D eigenvalue weighted by molar-refractivity contribution is 0.0635. The number of thiophene rings is 1. The zero-order valence-corrected chi connectivity index (χ0v) is 21.3. The zero-order valence-electron chi connectivity index (χ0n) is 19.6. The van der Waals surface area contributed by atoms with Crippen molar-refractivity contribution in [1.29, 1.82) is 0 Å². The Bertz CT molecular complexity index is 1220. The minimum atomic E-state index is -4.13. The quantitative estimate of drug-likeness (QED) is 0.258. The van der Waals surface area contributed by atoms with Crippen LogP contribution in [0.25, 0.3) is 10.4 Å². The van der Waals surface area contributed by atoms with Crippen molar-refractivity contribution in [3.8, 4) is 10.4 Å². The number of rotatable bonds is 8. The molecule has 0 saturated heterocycles. The van der Waals surface area contributed by atoms with Gasteiger partial charge in [-0.15, -0.1) is 11.3 Å². The van der Waals surface area contributed by atoms with Crippen molar-refractivity contribution in [2.75, 3.05) is 16.9 Å². The standard InChI is InChI=1S/C24H28N3O6PS/c1-24(2,3)33-23(29)27-19-11-10-18(21-5-4-12-35-21)13-20(19)26-22(28)17-8-6-16(7-9-17)14-25-15-34(30,31)32/h4-13,25H,14-15H2,1-3H3,(H,26,28)(H,27,29)(H2,30,31,32). The van der Waals surface area contributed by atoms with Crippen molar-refractivity contribution in [3.63, 3.8) is 0 Å². The molecule has 3 aromatic rings. The van der Waals surface area contributed by atoms with Gasteiger partial charge in [-0.05, 0) is 67.6 Å². The van der Waals surface area contributed by atoms with Crippen molar-refractivity contribution in [2.24, 2.45) is 0 Å². The summed E-state index contributed by atoms with van der Waals surface area (Å²) in [6, 6.07) is 15.9. The number of ether oxygens (including phenoxy) is 1. The van der Waals surface area contributed by atoms with Gasteiger partial charge in [-0.25, -0.2) is 4.79 Å². The molecule has 1 aromatic heterocycles. The molecule has 1 heterocycles. The largest absolute Gasteiger partial charge is 0.444 e. The summed E-state index contributed by atoms with van der Waals surface area (Å²) >= 11 is 1.56. The molecule has 186 valence electrons. The first-order chi connectivity index (χ1) is 16.4. The number of hydrogen-bond donors (Lipinski definition) is 5. The molecule has 9 nitrogen and oxygen atoms in total. The van der Waals surface area contributed by atoms with E-state index in [1.807, 2.05) is 23.6 Å². The van der Waals surface area contributed by atoms with E-state index in [4.69, 9.17) is 14.5 Å². The van der Waals surface area contributed by atoms with Crippen LogP contribution in [0.2, 0.25) is 0 Å². The average molecular weight is 518 g/mol. The van der Waals surface area contributed by atoms with Gasteiger partial charge in [-0.3, -0.25) is 14.7 Å². The molecule has 0 saturated carbocycles. The first-order valence-electron chi connectivity index (χ1n) is 10.7. The first kappa shape index (κ1) is 26.6. The van der Waals surface area contributed by atoms with Gasteiger partial charge >= 0.3 is 13.7 Å². The van der Waals surface area contributed by atoms with Gasteiger partial charge in [0.25, 0.3) is 5.91 Å². The third-order valence-corrected chi connectivity index (χ3v) is 6.13. The highest BCUT2D eigenvalue weighted by molar-refractivity contribution is 7.51. The summed E-state index contributed by atoms with van der Waals surface area (Å²) in [6.45, 7) is 5.54. The SMILES string of the molecule is CC(C)(C)OC(=O)Nc1ccc(-c2cccs2)cc1NC(=O)c1ccc(CNCP(=O)(O)O)cc1. The maximum atomic E-state index is 13.0. The highest BCUT2D eigenvalue weighted by Crippen LogP contribution is 2.33. The molecule has 11 heteroatoms. The molecule has 0 unspecified atom stereocenters. The van der Waals surface area contributed by atoms with Crippen LogP contribution in [-0.2, 0) is 15.8 Å². The number of benzene rings is 2. The lowest BCUT2D eigenvalue weighted by Crippen LogP contribution is -2.27. The summed E-state index contributed by atoms with van der Waals surface area (Å²) in [6.07, 6.45) is -1.06. The van der Waals surface area contributed by atoms with Crippen LogP contribution < -0.4 is 16.0 Å². The van der Waals surface area contributed by atoms with Crippen molar-refractivity contribution in [2.45, 2.75) is 32.9 Å². The van der Waals surface area contributed by atoms with Gasteiger partial charge < -0.3 is 25.2 Å². The maximum absolute atomic E-state index is 13.0. The highest BCUT2D eigenvalue weighted by Gasteiger charge is 2.19. The van der Waals surface area contributed by atoms with Gasteiger partial charge in [0.15, 0.2) is 0 Å². The molecule has 0 aliphatic heterocycles. The van der Waals surface area contributed by atoms with E-state index in [1.165, 1.54) is 0 Å². The third kappa shape index (κ3) is 8.61. The molecule has 0 radical (unpaired) electrons. The van der Waals surface area contributed by atoms with Crippen LogP contribution in [0.15, 0.2) is 60.0 Å². The Hall–Kier alpha value is -3.01. The van der Waals surface area contributed by atoms with Crippen molar-refractivity contribution >= 4 is 42.3 Å². The second-order valence-electron chi connectivity index (χ2n) is 8.77. The monoisotopic (exact) mass is 517 g/mol. The van der Waals surface area contributed by atoms with Crippen molar-refractivity contribution in [3.05, 3.63) is 71.1 Å². The van der Waals surface area contributed by atoms with E-state index in [-0.39, 0.29) is 12.5 Å². The van der Waals surface area contributed by atoms with E-state index in [0.29, 0.717) is 16.9 Å². The molecule has 0 fully saturated rings. The predicted octanol–water partition coefficient (Wildman–Crippen LogP) is 5.24. The summed E-state index contributed by atoms with van der Waals surface area (Å²) in [7, 11) is -4.13. The number of amides is 2. The van der Waals surface area contributed by atoms with Gasteiger partial charge in [0, 0.05) is 17.0 Å². The lowest BCUT2D eigenvalue weighted by Gasteiger charge is -2.21. The van der Waals surface area contributed by atoms with Crippen LogP contribution in [0.3, 0.4) is 0 Å². The fraction of sp³-hybridized carbons (Fsp3) is 0.250. The van der Waals surface area contributed by atoms with E-state index in [9.17, 15) is 14.2 Å². The van der Waals surface area contributed by atoms with Gasteiger partial charge in [0.2, 0.25) is 0 Å². The van der Waals surface area contributed by atoms with E-state index < -0.39 is 25.6 Å². The number of carbonyl (C=O) groups is 2. The minimum Gasteiger partial charge on any atom is -0.444 e. The minimum absolute atomic E-state index is 0.250. The first-order valence-corrected chi connectivity index (χ1v) is 13.4. The molecular formula is C24H28N3O6PS. The summed E-state index contributed by atoms with van der Waals surface area (Å²) < 4.78 is 16.3. The maximum Gasteiger partial charge on any atom is 0.412 e. The van der Waals surface area contributed by atoms with Crippen molar-refractivity contribution < 1.29 is 28.7 Å². The molecular weight excluding hydrogens is 489 g/mol. The van der Waals surface area contributed by atoms with Crippen LogP contribution in [-0.4, -0.2) is 33.7 Å². The Kier molecular flexibility index (Phi) is 8.47. The summed E-state index contributed by atoms with van der Waals surface area (Å²) in [5.74, 6) is -0.379. The summed E-state index contributed by atoms with van der Waals surface area (Å²) in [5.41, 5.74) is 2.17. The highest BCUT2D eigenvalue weighted by atomic mass is 32.1. The van der Waals surface area contributed by atoms with Gasteiger partial charge in [-0.1, -0.05) is 24.3 Å². The number of carbonyl (C=O) groups excluding carboxylic acids is 2. The summed E-state index contributed by atoms with van der Waals surface area (Å²) in [5, 5.41) is 10.2. The molecule has 0 atom stereocenters. The second-order valence-corrected chi connectivity index (χ2v) is 11.4. The van der Waals surface area contributed by atoms with E-state index in [0.717, 1.165) is 16.0 Å². The Morgan fingerprint density at radius 2 is 1.71 bits per heavy atom. The lowest BCUT2D eigenvalue weighted by atomic mass is 10.1. The van der Waals surface area contributed by atoms with Crippen LogP contribution in [0.5, 0.6) is 0 Å². The topological polar surface area (TPSA) is 137 Å². The van der Waals surface area contributed by atoms with Crippen LogP contribution in [0.1, 0.15) is 36.7 Å². The van der Waals surface area contributed by atoms with Gasteiger partial charge in [0.1, 0.15) is 5.60 Å². The molecule has 2 aromatic carbocycles. The second kappa shape index (κ2) is 11.2. The summed E-state index contributed by atoms with van der Waals surface area (Å²) in [4.78, 5) is 44.2. The average Bonchev–Trinajstić information content (AvgIpc) is 3.28. The number of nitrogens with one attached hydrogen (secondary N) is 3. The van der Waals surface area contributed by atoms with E-state index in [2.05, 4.69) is 16.0 Å². The fourth-order valence-electron chi connectivity index (χ4n) is 3.08. The Balaban J connectivity index is 1.77. The van der Waals surface area contributed by atoms with E-state index >= 15 is 0 Å². The Morgan fingerprint density at radius 1 is 1.00 bits per heavy atom. The van der Waals surface area contributed by atoms with Crippen molar-refractivity contribution in [1.82, 2.24) is 5.32 Å². The predicted molar refractivity (Wildman–Crippen MR) is 138 cm³/mol. The Morgan fingerprint density at radius 3 is 2.31 bits per heavy atom. The molecule has 0 aliphatic rings. The fourth-order valence-corrected chi connectivity index (χ4v) is 4.21. The van der Waals surface area contributed by atoms with Crippen LogP contribution in [0.4, 0.5) is 16.2 Å². The molecule has 3 rings (SSSR count). The smallest absolute Gasteiger partial charge is 0.412 e. The molecule has 0 aliphatic carbocycles. The third-order valence-electron chi connectivity index (χ3n) is 4.57. The Labute approximate surface area is 207 Å². The number of anilines is 2. The molecule has 5 N–H and O–H groups in total. The molecule has 35 heavy (non-hydrogen) atoms. The van der Waals surface area contributed by atoms with Crippen LogP contribution >= 0.6 is 18.9 Å². The van der Waals surface area contributed by atoms with Crippen LogP contribution in [0, 0.1) is 0 Å². The normalized spacial score (nSPS) is 11.7. The van der Waals surface area contributed by atoms with E-state index in [1.54, 1.807) is 68.5 Å².